The first-order valence-electron chi connectivity index (χ1n) is 12.7. The molecule has 1 aliphatic heterocycles. The Labute approximate surface area is 213 Å². The van der Waals surface area contributed by atoms with Crippen LogP contribution in [0.5, 0.6) is 0 Å². The molecule has 2 heterocycles. The Balaban J connectivity index is 1.47. The Morgan fingerprint density at radius 2 is 1.86 bits per heavy atom. The van der Waals surface area contributed by atoms with E-state index in [1.807, 2.05) is 6.08 Å². The van der Waals surface area contributed by atoms with Crippen LogP contribution in [0, 0.1) is 17.8 Å². The summed E-state index contributed by atoms with van der Waals surface area (Å²) < 4.78 is 5.85. The highest BCUT2D eigenvalue weighted by atomic mass is 16.4. The van der Waals surface area contributed by atoms with Gasteiger partial charge in [-0.2, -0.15) is 0 Å². The van der Waals surface area contributed by atoms with Crippen LogP contribution in [-0.4, -0.2) is 51.0 Å². The number of aliphatic hydroxyl groups is 1. The lowest BCUT2D eigenvalue weighted by molar-refractivity contribution is -0.141. The number of allylic oxidation sites excluding steroid dienone is 6. The van der Waals surface area contributed by atoms with Gasteiger partial charge in [0.05, 0.1) is 17.8 Å². The van der Waals surface area contributed by atoms with E-state index in [-0.39, 0.29) is 49.4 Å². The Bertz CT molecular complexity index is 1290. The molecule has 0 saturated carbocycles. The molecule has 1 fully saturated rings. The van der Waals surface area contributed by atoms with Crippen LogP contribution >= 0.6 is 0 Å². The number of carbonyl (C=O) groups excluding carboxylic acids is 4. The van der Waals surface area contributed by atoms with E-state index >= 15 is 0 Å². The van der Waals surface area contributed by atoms with Gasteiger partial charge in [0.25, 0.3) is 0 Å². The maximum atomic E-state index is 13.6. The topological polar surface area (TPSA) is 142 Å². The molecule has 2 amide bonds. The molecular formula is C28H29NO8. The molecule has 4 atom stereocenters. The van der Waals surface area contributed by atoms with Crippen LogP contribution < -0.4 is 0 Å². The van der Waals surface area contributed by atoms with Crippen molar-refractivity contribution in [3.05, 3.63) is 58.1 Å². The number of carboxylic acids is 1. The van der Waals surface area contributed by atoms with Crippen LogP contribution in [0.4, 0.5) is 0 Å². The van der Waals surface area contributed by atoms with E-state index in [1.54, 1.807) is 19.1 Å². The third-order valence-corrected chi connectivity index (χ3v) is 8.05. The zero-order valence-corrected chi connectivity index (χ0v) is 20.6. The third kappa shape index (κ3) is 4.21. The van der Waals surface area contributed by atoms with E-state index in [1.165, 1.54) is 11.0 Å². The number of unbranched alkanes of at least 4 members (excludes halogenated alkanes) is 2. The fourth-order valence-electron chi connectivity index (χ4n) is 6.33. The number of aliphatic carboxylic acids is 1. The summed E-state index contributed by atoms with van der Waals surface area (Å²) in [4.78, 5) is 65.2. The largest absolute Gasteiger partial charge is 0.481 e. The summed E-state index contributed by atoms with van der Waals surface area (Å²) in [6.07, 6.45) is 5.46. The van der Waals surface area contributed by atoms with Crippen molar-refractivity contribution in [2.75, 3.05) is 6.54 Å². The molecule has 9 nitrogen and oxygen atoms in total. The monoisotopic (exact) mass is 507 g/mol. The summed E-state index contributed by atoms with van der Waals surface area (Å²) in [5.41, 5.74) is 1.87. The van der Waals surface area contributed by atoms with Crippen LogP contribution in [0.1, 0.15) is 62.9 Å². The van der Waals surface area contributed by atoms with Gasteiger partial charge >= 0.3 is 5.97 Å². The standard InChI is InChI=1S/C28H29NO8/c1-14-11-20(31)19-12-18-16(24(25(19)26(14)34)21-9-6-15(13-30)37-21)7-8-17-23(18)28(36)29(27(17)35)10-4-2-3-5-22(32)33/h6-7,9,11,17-18,23-24,30H,2-5,8,10,12-13H2,1H3,(H,32,33). The van der Waals surface area contributed by atoms with E-state index in [2.05, 4.69) is 0 Å². The number of carboxylic acid groups (broad SMARTS) is 1. The zero-order valence-electron chi connectivity index (χ0n) is 20.6. The molecule has 0 bridgehead atoms. The molecule has 4 unspecified atom stereocenters. The minimum atomic E-state index is -0.873. The molecule has 0 radical (unpaired) electrons. The van der Waals surface area contributed by atoms with E-state index in [0.29, 0.717) is 53.9 Å². The number of hydrogen-bond acceptors (Lipinski definition) is 7. The lowest BCUT2D eigenvalue weighted by Gasteiger charge is -2.41. The fourth-order valence-corrected chi connectivity index (χ4v) is 6.33. The highest BCUT2D eigenvalue weighted by molar-refractivity contribution is 6.23. The Hall–Kier alpha value is -3.59. The van der Waals surface area contributed by atoms with Gasteiger partial charge in [-0.25, -0.2) is 0 Å². The van der Waals surface area contributed by atoms with Gasteiger partial charge < -0.3 is 14.6 Å². The number of fused-ring (bicyclic) bond motifs is 3. The number of rotatable bonds is 8. The van der Waals surface area contributed by atoms with Gasteiger partial charge in [-0.05, 0) is 56.7 Å². The first-order chi connectivity index (χ1) is 17.7. The molecule has 37 heavy (non-hydrogen) atoms. The number of nitrogens with zero attached hydrogens (tertiary/aromatic N) is 1. The number of imide groups is 1. The summed E-state index contributed by atoms with van der Waals surface area (Å²) in [6.45, 7) is 1.53. The number of Topliss-reactive ketones (excluding diaryl/α,β-unsaturated/α-hetero) is 1. The SMILES string of the molecule is CC1=CC(=O)C2=C(C1=O)C(c1ccc(CO)o1)C1=CCC3C(=O)N(CCCCCC(=O)O)C(=O)C3C1C2. The second-order valence-electron chi connectivity index (χ2n) is 10.2. The summed E-state index contributed by atoms with van der Waals surface area (Å²) in [5, 5.41) is 18.3. The molecule has 4 aliphatic rings. The summed E-state index contributed by atoms with van der Waals surface area (Å²) in [7, 11) is 0. The van der Waals surface area contributed by atoms with Crippen molar-refractivity contribution in [1.29, 1.82) is 0 Å². The average Bonchev–Trinajstić information content (AvgIpc) is 3.44. The first-order valence-corrected chi connectivity index (χ1v) is 12.7. The van der Waals surface area contributed by atoms with Crippen molar-refractivity contribution in [3.8, 4) is 0 Å². The summed E-state index contributed by atoms with van der Waals surface area (Å²) in [6, 6.07) is 3.31. The molecule has 1 saturated heterocycles. The van der Waals surface area contributed by atoms with E-state index in [9.17, 15) is 29.1 Å². The van der Waals surface area contributed by atoms with Gasteiger partial charge in [0.2, 0.25) is 11.8 Å². The van der Waals surface area contributed by atoms with Gasteiger partial charge in [-0.1, -0.05) is 18.1 Å². The second-order valence-corrected chi connectivity index (χ2v) is 10.2. The first kappa shape index (κ1) is 25.1. The van der Waals surface area contributed by atoms with Crippen molar-refractivity contribution in [1.82, 2.24) is 4.90 Å². The zero-order chi connectivity index (χ0) is 26.4. The number of amides is 2. The number of aliphatic hydroxyl groups excluding tert-OH is 1. The van der Waals surface area contributed by atoms with E-state index < -0.39 is 29.6 Å². The minimum absolute atomic E-state index is 0.0484. The van der Waals surface area contributed by atoms with Crippen molar-refractivity contribution in [3.63, 3.8) is 0 Å². The van der Waals surface area contributed by atoms with Gasteiger partial charge in [0, 0.05) is 29.7 Å². The van der Waals surface area contributed by atoms with Gasteiger partial charge in [-0.15, -0.1) is 0 Å². The van der Waals surface area contributed by atoms with Crippen LogP contribution in [0.2, 0.25) is 0 Å². The van der Waals surface area contributed by atoms with Crippen molar-refractivity contribution in [2.45, 2.75) is 58.0 Å². The van der Waals surface area contributed by atoms with Gasteiger partial charge in [-0.3, -0.25) is 28.9 Å². The fraction of sp³-hybridized carbons (Fsp3) is 0.464. The second kappa shape index (κ2) is 9.70. The van der Waals surface area contributed by atoms with E-state index in [0.717, 1.165) is 5.57 Å². The molecule has 0 aromatic carbocycles. The molecule has 1 aromatic rings. The lowest BCUT2D eigenvalue weighted by Crippen LogP contribution is -2.39. The summed E-state index contributed by atoms with van der Waals surface area (Å²) >= 11 is 0. The Kier molecular flexibility index (Phi) is 6.58. The molecular weight excluding hydrogens is 478 g/mol. The normalized spacial score (nSPS) is 27.1. The predicted molar refractivity (Wildman–Crippen MR) is 129 cm³/mol. The highest BCUT2D eigenvalue weighted by Crippen LogP contribution is 2.55. The Morgan fingerprint density at radius 1 is 1.08 bits per heavy atom. The molecule has 1 aromatic heterocycles. The summed E-state index contributed by atoms with van der Waals surface area (Å²) in [5.74, 6) is -3.38. The predicted octanol–water partition coefficient (Wildman–Crippen LogP) is 2.85. The molecule has 9 heteroatoms. The number of carbonyl (C=O) groups is 5. The van der Waals surface area contributed by atoms with Crippen molar-refractivity contribution >= 4 is 29.4 Å². The molecule has 3 aliphatic carbocycles. The molecule has 0 spiro atoms. The number of ketones is 2. The van der Waals surface area contributed by atoms with Crippen LogP contribution in [-0.2, 0) is 30.6 Å². The van der Waals surface area contributed by atoms with Crippen molar-refractivity contribution < 1.29 is 38.6 Å². The number of furan rings is 1. The Morgan fingerprint density at radius 3 is 2.57 bits per heavy atom. The van der Waals surface area contributed by atoms with Gasteiger partial charge in [0.1, 0.15) is 18.1 Å². The van der Waals surface area contributed by atoms with Gasteiger partial charge in [0.15, 0.2) is 11.6 Å². The molecule has 5 rings (SSSR count). The quantitative estimate of drug-likeness (QED) is 0.237. The smallest absolute Gasteiger partial charge is 0.303 e. The number of likely N-dealkylation sites (tertiary alicyclic amines) is 1. The highest BCUT2D eigenvalue weighted by Gasteiger charge is 2.56. The third-order valence-electron chi connectivity index (χ3n) is 8.05. The average molecular weight is 508 g/mol. The van der Waals surface area contributed by atoms with Crippen molar-refractivity contribution in [2.24, 2.45) is 17.8 Å². The molecule has 2 N–H and O–H groups in total. The maximum Gasteiger partial charge on any atom is 0.303 e. The molecule has 194 valence electrons. The van der Waals surface area contributed by atoms with Crippen LogP contribution in [0.15, 0.2) is 51.0 Å². The lowest BCUT2D eigenvalue weighted by atomic mass is 9.60. The van der Waals surface area contributed by atoms with Crippen LogP contribution in [0.3, 0.4) is 0 Å². The van der Waals surface area contributed by atoms with E-state index in [4.69, 9.17) is 9.52 Å². The number of hydrogen-bond donors (Lipinski definition) is 2. The minimum Gasteiger partial charge on any atom is -0.481 e. The van der Waals surface area contributed by atoms with Crippen LogP contribution in [0.25, 0.3) is 0 Å². The maximum absolute atomic E-state index is 13.6.